The van der Waals surface area contributed by atoms with E-state index in [-0.39, 0.29) is 5.41 Å². The van der Waals surface area contributed by atoms with Crippen LogP contribution >= 0.6 is 11.6 Å². The normalized spacial score (nSPS) is 11.8. The van der Waals surface area contributed by atoms with Crippen LogP contribution < -0.4 is 0 Å². The molecule has 2 rings (SSSR count). The van der Waals surface area contributed by atoms with E-state index in [9.17, 15) is 0 Å². The average Bonchev–Trinajstić information content (AvgIpc) is 2.60. The Morgan fingerprint density at radius 1 is 1.18 bits per heavy atom. The lowest BCUT2D eigenvalue weighted by Crippen LogP contribution is -2.13. The van der Waals surface area contributed by atoms with Gasteiger partial charge in [0.2, 0.25) is 0 Å². The molecule has 0 amide bonds. The van der Waals surface area contributed by atoms with Crippen LogP contribution in [-0.2, 0) is 5.41 Å². The maximum atomic E-state index is 6.24. The molecule has 2 aromatic rings. The highest BCUT2D eigenvalue weighted by Crippen LogP contribution is 2.36. The number of nitrogens with zero attached hydrogens (tertiary/aromatic N) is 1. The van der Waals surface area contributed by atoms with Gasteiger partial charge < -0.3 is 0 Å². The predicted molar refractivity (Wildman–Crippen MR) is 72.5 cm³/mol. The third-order valence-electron chi connectivity index (χ3n) is 2.83. The molecular formula is C14H17ClN2. The van der Waals surface area contributed by atoms with Crippen LogP contribution in [0.4, 0.5) is 0 Å². The molecule has 17 heavy (non-hydrogen) atoms. The first-order valence-corrected chi connectivity index (χ1v) is 6.09. The first kappa shape index (κ1) is 12.2. The quantitative estimate of drug-likeness (QED) is 0.799. The molecule has 90 valence electrons. The van der Waals surface area contributed by atoms with Gasteiger partial charge in [0, 0.05) is 16.8 Å². The Morgan fingerprint density at radius 3 is 2.41 bits per heavy atom. The highest BCUT2D eigenvalue weighted by Gasteiger charge is 2.24. The molecule has 0 fully saturated rings. The van der Waals surface area contributed by atoms with E-state index in [1.54, 1.807) is 0 Å². The Kier molecular flexibility index (Phi) is 3.00. The summed E-state index contributed by atoms with van der Waals surface area (Å²) in [7, 11) is 0. The van der Waals surface area contributed by atoms with Gasteiger partial charge in [-0.3, -0.25) is 5.10 Å². The second-order valence-electron chi connectivity index (χ2n) is 5.30. The largest absolute Gasteiger partial charge is 0.282 e. The van der Waals surface area contributed by atoms with Crippen molar-refractivity contribution in [3.05, 3.63) is 40.5 Å². The number of benzene rings is 1. The molecule has 0 aliphatic rings. The molecule has 1 aromatic carbocycles. The van der Waals surface area contributed by atoms with Crippen LogP contribution in [0.1, 0.15) is 32.0 Å². The summed E-state index contributed by atoms with van der Waals surface area (Å²) in [6, 6.07) is 7.82. The minimum Gasteiger partial charge on any atom is -0.282 e. The lowest BCUT2D eigenvalue weighted by atomic mass is 9.84. The van der Waals surface area contributed by atoms with E-state index in [1.807, 2.05) is 31.2 Å². The van der Waals surface area contributed by atoms with Crippen molar-refractivity contribution >= 4 is 11.6 Å². The summed E-state index contributed by atoms with van der Waals surface area (Å²) in [6.45, 7) is 8.61. The molecule has 0 spiro atoms. The van der Waals surface area contributed by atoms with Crippen LogP contribution in [0.2, 0.25) is 5.02 Å². The van der Waals surface area contributed by atoms with Crippen LogP contribution in [0.25, 0.3) is 11.3 Å². The monoisotopic (exact) mass is 248 g/mol. The average molecular weight is 249 g/mol. The molecule has 3 heteroatoms. The molecule has 0 bridgehead atoms. The Balaban J connectivity index is 2.66. The Morgan fingerprint density at radius 2 is 1.82 bits per heavy atom. The fraction of sp³-hybridized carbons (Fsp3) is 0.357. The van der Waals surface area contributed by atoms with Crippen LogP contribution in [0.5, 0.6) is 0 Å². The molecule has 1 heterocycles. The standard InChI is InChI=1S/C14H17ClN2/c1-9-12(14(2,3)4)13(17-16-9)10-7-5-6-8-11(10)15/h5-8H,1-4H3,(H,16,17). The van der Waals surface area contributed by atoms with Gasteiger partial charge in [-0.25, -0.2) is 0 Å². The van der Waals surface area contributed by atoms with Crippen molar-refractivity contribution in [1.82, 2.24) is 10.2 Å². The first-order valence-electron chi connectivity index (χ1n) is 5.71. The molecule has 0 atom stereocenters. The molecular weight excluding hydrogens is 232 g/mol. The zero-order valence-corrected chi connectivity index (χ0v) is 11.4. The zero-order chi connectivity index (χ0) is 12.6. The minimum atomic E-state index is 0.0472. The van der Waals surface area contributed by atoms with E-state index in [1.165, 1.54) is 5.56 Å². The topological polar surface area (TPSA) is 28.7 Å². The number of halogens is 1. The SMILES string of the molecule is Cc1[nH]nc(-c2ccccc2Cl)c1C(C)(C)C. The van der Waals surface area contributed by atoms with Gasteiger partial charge in [-0.2, -0.15) is 5.10 Å². The molecule has 0 radical (unpaired) electrons. The second kappa shape index (κ2) is 4.19. The van der Waals surface area contributed by atoms with Gasteiger partial charge in [0.1, 0.15) is 0 Å². The summed E-state index contributed by atoms with van der Waals surface area (Å²) in [6.07, 6.45) is 0. The third-order valence-corrected chi connectivity index (χ3v) is 3.16. The summed E-state index contributed by atoms with van der Waals surface area (Å²) in [5.41, 5.74) is 4.33. The lowest BCUT2D eigenvalue weighted by Gasteiger charge is -2.20. The maximum absolute atomic E-state index is 6.24. The molecule has 0 aliphatic heterocycles. The molecule has 0 unspecified atom stereocenters. The lowest BCUT2D eigenvalue weighted by molar-refractivity contribution is 0.588. The third kappa shape index (κ3) is 2.22. The molecule has 0 saturated heterocycles. The highest BCUT2D eigenvalue weighted by atomic mass is 35.5. The fourth-order valence-corrected chi connectivity index (χ4v) is 2.42. The Bertz CT molecular complexity index is 535. The molecule has 1 aromatic heterocycles. The number of H-pyrrole nitrogens is 1. The van der Waals surface area contributed by atoms with Crippen molar-refractivity contribution in [3.8, 4) is 11.3 Å². The van der Waals surface area contributed by atoms with E-state index in [0.717, 1.165) is 22.0 Å². The summed E-state index contributed by atoms with van der Waals surface area (Å²) < 4.78 is 0. The maximum Gasteiger partial charge on any atom is 0.0975 e. The summed E-state index contributed by atoms with van der Waals surface area (Å²) in [4.78, 5) is 0. The van der Waals surface area contributed by atoms with Crippen LogP contribution in [-0.4, -0.2) is 10.2 Å². The van der Waals surface area contributed by atoms with Crippen molar-refractivity contribution < 1.29 is 0 Å². The van der Waals surface area contributed by atoms with Gasteiger partial charge in [-0.05, 0) is 18.4 Å². The molecule has 1 N–H and O–H groups in total. The molecule has 0 saturated carbocycles. The second-order valence-corrected chi connectivity index (χ2v) is 5.71. The number of nitrogens with one attached hydrogen (secondary N) is 1. The van der Waals surface area contributed by atoms with Crippen LogP contribution in [0.3, 0.4) is 0 Å². The number of hydrogen-bond acceptors (Lipinski definition) is 1. The molecule has 2 nitrogen and oxygen atoms in total. The van der Waals surface area contributed by atoms with Gasteiger partial charge in [0.15, 0.2) is 0 Å². The number of aromatic amines is 1. The molecule has 0 aliphatic carbocycles. The van der Waals surface area contributed by atoms with Gasteiger partial charge >= 0.3 is 0 Å². The van der Waals surface area contributed by atoms with Crippen molar-refractivity contribution in [3.63, 3.8) is 0 Å². The van der Waals surface area contributed by atoms with Crippen LogP contribution in [0, 0.1) is 6.92 Å². The first-order chi connectivity index (χ1) is 7.91. The van der Waals surface area contributed by atoms with Crippen molar-refractivity contribution in [2.24, 2.45) is 0 Å². The van der Waals surface area contributed by atoms with E-state index in [0.29, 0.717) is 0 Å². The highest BCUT2D eigenvalue weighted by molar-refractivity contribution is 6.33. The van der Waals surface area contributed by atoms with E-state index in [4.69, 9.17) is 11.6 Å². The fourth-order valence-electron chi connectivity index (χ4n) is 2.20. The minimum absolute atomic E-state index is 0.0472. The Labute approximate surface area is 107 Å². The predicted octanol–water partition coefficient (Wildman–Crippen LogP) is 4.34. The summed E-state index contributed by atoms with van der Waals surface area (Å²) in [5, 5.41) is 8.20. The summed E-state index contributed by atoms with van der Waals surface area (Å²) in [5.74, 6) is 0. The van der Waals surface area contributed by atoms with Gasteiger partial charge in [0.25, 0.3) is 0 Å². The number of aromatic nitrogens is 2. The number of hydrogen-bond donors (Lipinski definition) is 1. The number of rotatable bonds is 1. The smallest absolute Gasteiger partial charge is 0.0975 e. The van der Waals surface area contributed by atoms with Crippen LogP contribution in [0.15, 0.2) is 24.3 Å². The van der Waals surface area contributed by atoms with Crippen molar-refractivity contribution in [2.75, 3.05) is 0 Å². The summed E-state index contributed by atoms with van der Waals surface area (Å²) >= 11 is 6.24. The number of aryl methyl sites for hydroxylation is 1. The van der Waals surface area contributed by atoms with Crippen molar-refractivity contribution in [2.45, 2.75) is 33.1 Å². The van der Waals surface area contributed by atoms with E-state index >= 15 is 0 Å². The zero-order valence-electron chi connectivity index (χ0n) is 10.6. The van der Waals surface area contributed by atoms with Gasteiger partial charge in [-0.15, -0.1) is 0 Å². The van der Waals surface area contributed by atoms with Gasteiger partial charge in [-0.1, -0.05) is 50.6 Å². The van der Waals surface area contributed by atoms with E-state index in [2.05, 4.69) is 31.0 Å². The van der Waals surface area contributed by atoms with E-state index < -0.39 is 0 Å². The Hall–Kier alpha value is -1.28. The van der Waals surface area contributed by atoms with Gasteiger partial charge in [0.05, 0.1) is 10.7 Å². The van der Waals surface area contributed by atoms with Crippen molar-refractivity contribution in [1.29, 1.82) is 0 Å².